The fourth-order valence-corrected chi connectivity index (χ4v) is 3.41. The molecular formula is C5H12OSi. The number of hydrogen-bond acceptors (Lipinski definition) is 1. The molecule has 0 spiro atoms. The third kappa shape index (κ3) is 1.28. The van der Waals surface area contributed by atoms with Crippen LogP contribution in [0.5, 0.6) is 0 Å². The smallest absolute Gasteiger partial charge is 0.185 e. The molecule has 0 amide bonds. The summed E-state index contributed by atoms with van der Waals surface area (Å²) in [6.45, 7) is 2.06. The summed E-state index contributed by atoms with van der Waals surface area (Å²) in [5.41, 5.74) is 0. The van der Waals surface area contributed by atoms with Crippen LogP contribution in [-0.2, 0) is 0 Å². The van der Waals surface area contributed by atoms with Crippen LogP contribution in [-0.4, -0.2) is 13.1 Å². The van der Waals surface area contributed by atoms with E-state index < -0.39 is 8.32 Å². The van der Waals surface area contributed by atoms with Gasteiger partial charge in [-0.2, -0.15) is 0 Å². The molecule has 2 heteroatoms. The molecule has 1 nitrogen and oxygen atoms in total. The van der Waals surface area contributed by atoms with Crippen LogP contribution in [0, 0.1) is 0 Å². The van der Waals surface area contributed by atoms with E-state index >= 15 is 0 Å². The van der Waals surface area contributed by atoms with Gasteiger partial charge in [-0.1, -0.05) is 12.8 Å². The van der Waals surface area contributed by atoms with Gasteiger partial charge in [-0.05, 0) is 18.6 Å². The van der Waals surface area contributed by atoms with E-state index in [2.05, 4.69) is 6.55 Å². The van der Waals surface area contributed by atoms with Gasteiger partial charge in [0.1, 0.15) is 0 Å². The van der Waals surface area contributed by atoms with E-state index in [0.29, 0.717) is 0 Å². The van der Waals surface area contributed by atoms with Gasteiger partial charge in [0.25, 0.3) is 0 Å². The standard InChI is InChI=1S/C5H12OSi/c1-7(6)4-2-3-5-7/h6H,2-5H2,1H3. The van der Waals surface area contributed by atoms with Gasteiger partial charge in [-0.3, -0.25) is 0 Å². The first kappa shape index (κ1) is 5.32. The molecule has 1 saturated heterocycles. The molecule has 0 radical (unpaired) electrons. The van der Waals surface area contributed by atoms with E-state index in [9.17, 15) is 4.80 Å². The van der Waals surface area contributed by atoms with Crippen LogP contribution in [0.2, 0.25) is 18.6 Å². The molecular weight excluding hydrogens is 104 g/mol. The van der Waals surface area contributed by atoms with E-state index in [1.165, 1.54) is 12.8 Å². The van der Waals surface area contributed by atoms with Gasteiger partial charge in [0, 0.05) is 0 Å². The Morgan fingerprint density at radius 2 is 1.71 bits per heavy atom. The first-order valence-electron chi connectivity index (χ1n) is 2.93. The monoisotopic (exact) mass is 116 g/mol. The van der Waals surface area contributed by atoms with Crippen molar-refractivity contribution >= 4 is 8.32 Å². The zero-order valence-corrected chi connectivity index (χ0v) is 5.78. The van der Waals surface area contributed by atoms with Crippen molar-refractivity contribution < 1.29 is 4.80 Å². The topological polar surface area (TPSA) is 20.2 Å². The minimum Gasteiger partial charge on any atom is -0.432 e. The molecule has 0 aliphatic carbocycles. The predicted octanol–water partition coefficient (Wildman–Crippen LogP) is 1.35. The number of rotatable bonds is 0. The van der Waals surface area contributed by atoms with Gasteiger partial charge in [0.2, 0.25) is 0 Å². The van der Waals surface area contributed by atoms with Crippen molar-refractivity contribution in [2.75, 3.05) is 0 Å². The molecule has 0 saturated carbocycles. The average molecular weight is 116 g/mol. The molecule has 0 aromatic carbocycles. The van der Waals surface area contributed by atoms with Crippen LogP contribution in [0.3, 0.4) is 0 Å². The Hall–Kier alpha value is 0.177. The molecule has 1 aliphatic heterocycles. The lowest BCUT2D eigenvalue weighted by molar-refractivity contribution is 0.549. The van der Waals surface area contributed by atoms with Gasteiger partial charge >= 0.3 is 0 Å². The largest absolute Gasteiger partial charge is 0.432 e. The van der Waals surface area contributed by atoms with Gasteiger partial charge < -0.3 is 4.80 Å². The molecule has 0 atom stereocenters. The molecule has 1 rings (SSSR count). The summed E-state index contributed by atoms with van der Waals surface area (Å²) in [6.07, 6.45) is 2.55. The first-order chi connectivity index (χ1) is 3.21. The van der Waals surface area contributed by atoms with Gasteiger partial charge in [0.05, 0.1) is 0 Å². The second-order valence-corrected chi connectivity index (χ2v) is 6.70. The van der Waals surface area contributed by atoms with Crippen molar-refractivity contribution in [2.24, 2.45) is 0 Å². The molecule has 1 aliphatic rings. The van der Waals surface area contributed by atoms with E-state index in [4.69, 9.17) is 0 Å². The van der Waals surface area contributed by atoms with Crippen molar-refractivity contribution in [3.63, 3.8) is 0 Å². The molecule has 0 unspecified atom stereocenters. The predicted molar refractivity (Wildman–Crippen MR) is 32.7 cm³/mol. The van der Waals surface area contributed by atoms with Crippen molar-refractivity contribution in [1.29, 1.82) is 0 Å². The van der Waals surface area contributed by atoms with Crippen molar-refractivity contribution in [3.8, 4) is 0 Å². The molecule has 42 valence electrons. The Kier molecular flexibility index (Phi) is 1.21. The average Bonchev–Trinajstić information content (AvgIpc) is 1.84. The van der Waals surface area contributed by atoms with Crippen molar-refractivity contribution in [1.82, 2.24) is 0 Å². The minimum atomic E-state index is -1.54. The lowest BCUT2D eigenvalue weighted by Crippen LogP contribution is -2.23. The maximum absolute atomic E-state index is 9.33. The highest BCUT2D eigenvalue weighted by molar-refractivity contribution is 6.71. The molecule has 0 aromatic heterocycles. The zero-order valence-electron chi connectivity index (χ0n) is 4.78. The second-order valence-electron chi connectivity index (χ2n) is 2.70. The highest BCUT2D eigenvalue weighted by Gasteiger charge is 2.28. The summed E-state index contributed by atoms with van der Waals surface area (Å²) in [6, 6.07) is 2.29. The molecule has 1 fully saturated rings. The summed E-state index contributed by atoms with van der Waals surface area (Å²) in [4.78, 5) is 9.33. The Morgan fingerprint density at radius 1 is 1.29 bits per heavy atom. The summed E-state index contributed by atoms with van der Waals surface area (Å²) >= 11 is 0. The van der Waals surface area contributed by atoms with E-state index in [-0.39, 0.29) is 0 Å². The summed E-state index contributed by atoms with van der Waals surface area (Å²) in [5, 5.41) is 0. The molecule has 1 N–H and O–H groups in total. The van der Waals surface area contributed by atoms with E-state index in [1.54, 1.807) is 0 Å². The van der Waals surface area contributed by atoms with Crippen LogP contribution in [0.25, 0.3) is 0 Å². The highest BCUT2D eigenvalue weighted by Crippen LogP contribution is 2.26. The maximum atomic E-state index is 9.33. The van der Waals surface area contributed by atoms with Gasteiger partial charge in [0.15, 0.2) is 8.32 Å². The normalized spacial score (nSPS) is 28.3. The lowest BCUT2D eigenvalue weighted by Gasteiger charge is -2.08. The summed E-state index contributed by atoms with van der Waals surface area (Å²) in [7, 11) is -1.54. The zero-order chi connectivity index (χ0) is 5.33. The molecule has 0 bridgehead atoms. The van der Waals surface area contributed by atoms with Gasteiger partial charge in [-0.15, -0.1) is 0 Å². The summed E-state index contributed by atoms with van der Waals surface area (Å²) < 4.78 is 0. The Labute approximate surface area is 45.5 Å². The van der Waals surface area contributed by atoms with Crippen LogP contribution >= 0.6 is 0 Å². The second kappa shape index (κ2) is 1.60. The Bertz CT molecular complexity index is 62.5. The third-order valence-electron chi connectivity index (χ3n) is 1.68. The SMILES string of the molecule is C[Si]1(O)CCCC1. The van der Waals surface area contributed by atoms with Crippen LogP contribution in [0.1, 0.15) is 12.8 Å². The molecule has 1 heterocycles. The van der Waals surface area contributed by atoms with Gasteiger partial charge in [-0.25, -0.2) is 0 Å². The maximum Gasteiger partial charge on any atom is 0.185 e. The molecule has 7 heavy (non-hydrogen) atoms. The van der Waals surface area contributed by atoms with Crippen LogP contribution in [0.15, 0.2) is 0 Å². The number of hydrogen-bond donors (Lipinski definition) is 1. The van der Waals surface area contributed by atoms with Crippen LogP contribution < -0.4 is 0 Å². The minimum absolute atomic E-state index is 1.15. The lowest BCUT2D eigenvalue weighted by atomic mass is 10.4. The van der Waals surface area contributed by atoms with Crippen molar-refractivity contribution in [2.45, 2.75) is 31.5 Å². The van der Waals surface area contributed by atoms with E-state index in [1.807, 2.05) is 0 Å². The summed E-state index contributed by atoms with van der Waals surface area (Å²) in [5.74, 6) is 0. The quantitative estimate of drug-likeness (QED) is 0.474. The van der Waals surface area contributed by atoms with E-state index in [0.717, 1.165) is 12.1 Å². The van der Waals surface area contributed by atoms with Crippen LogP contribution in [0.4, 0.5) is 0 Å². The highest BCUT2D eigenvalue weighted by atomic mass is 28.4. The van der Waals surface area contributed by atoms with Crippen molar-refractivity contribution in [3.05, 3.63) is 0 Å². The first-order valence-corrected chi connectivity index (χ1v) is 5.79. The fraction of sp³-hybridized carbons (Fsp3) is 1.00. The fourth-order valence-electron chi connectivity index (χ4n) is 1.14. The Morgan fingerprint density at radius 3 is 1.86 bits per heavy atom. The third-order valence-corrected chi connectivity index (χ3v) is 4.54. The molecule has 0 aromatic rings. The Balaban J connectivity index is 2.40.